The fourth-order valence-corrected chi connectivity index (χ4v) is 2.19. The number of nitrogens with zero attached hydrogens (tertiary/aromatic N) is 2. The van der Waals surface area contributed by atoms with E-state index in [1.54, 1.807) is 13.0 Å². The van der Waals surface area contributed by atoms with Crippen LogP contribution in [0.25, 0.3) is 11.1 Å². The van der Waals surface area contributed by atoms with Gasteiger partial charge in [0.15, 0.2) is 12.2 Å². The Balaban J connectivity index is 1.85. The smallest absolute Gasteiger partial charge is 0.335 e. The number of carboxylic acid groups (broad SMARTS) is 1. The van der Waals surface area contributed by atoms with Crippen LogP contribution in [0.3, 0.4) is 0 Å². The van der Waals surface area contributed by atoms with Gasteiger partial charge >= 0.3 is 5.97 Å². The Morgan fingerprint density at radius 2 is 2.17 bits per heavy atom. The molecule has 7 nitrogen and oxygen atoms in total. The largest absolute Gasteiger partial charge is 0.508 e. The van der Waals surface area contributed by atoms with Gasteiger partial charge in [0, 0.05) is 6.07 Å². The highest BCUT2D eigenvalue weighted by molar-refractivity contribution is 5.91. The first kappa shape index (κ1) is 15.4. The second-order valence-electron chi connectivity index (χ2n) is 5.13. The summed E-state index contributed by atoms with van der Waals surface area (Å²) in [4.78, 5) is 15.1. The molecule has 0 fully saturated rings. The van der Waals surface area contributed by atoms with Crippen molar-refractivity contribution >= 4 is 17.1 Å². The van der Waals surface area contributed by atoms with Crippen LogP contribution in [0.2, 0.25) is 0 Å². The molecule has 0 aliphatic rings. The van der Waals surface area contributed by atoms with E-state index in [2.05, 4.69) is 4.98 Å². The Morgan fingerprint density at radius 1 is 1.38 bits per heavy atom. The minimum atomic E-state index is -1.06. The van der Waals surface area contributed by atoms with Crippen molar-refractivity contribution < 1.29 is 24.2 Å². The molecular weight excluding hydrogens is 312 g/mol. The summed E-state index contributed by atoms with van der Waals surface area (Å²) < 4.78 is 11.0. The Labute approximate surface area is 136 Å². The first-order valence-electron chi connectivity index (χ1n) is 6.97. The molecule has 0 atom stereocenters. The summed E-state index contributed by atoms with van der Waals surface area (Å²) in [5.41, 5.74) is 1.80. The Hall–Kier alpha value is -3.53. The third-order valence-electron chi connectivity index (χ3n) is 3.45. The number of carboxylic acids is 1. The van der Waals surface area contributed by atoms with Gasteiger partial charge < -0.3 is 19.4 Å². The Kier molecular flexibility index (Phi) is 3.80. The Morgan fingerprint density at radius 3 is 2.88 bits per heavy atom. The van der Waals surface area contributed by atoms with Crippen LogP contribution in [0.1, 0.15) is 27.4 Å². The normalized spacial score (nSPS) is 10.5. The van der Waals surface area contributed by atoms with Crippen molar-refractivity contribution in [2.75, 3.05) is 0 Å². The minimum absolute atomic E-state index is 0.0210. The van der Waals surface area contributed by atoms with Crippen molar-refractivity contribution in [3.8, 4) is 17.6 Å². The van der Waals surface area contributed by atoms with Gasteiger partial charge in [-0.1, -0.05) is 0 Å². The van der Waals surface area contributed by atoms with Gasteiger partial charge in [0.2, 0.25) is 5.89 Å². The first-order valence-corrected chi connectivity index (χ1v) is 6.97. The first-order chi connectivity index (χ1) is 11.5. The van der Waals surface area contributed by atoms with Gasteiger partial charge in [-0.2, -0.15) is 5.26 Å². The molecule has 120 valence electrons. The number of carbonyl (C=O) groups is 1. The number of phenols is 1. The maximum atomic E-state index is 11.0. The SMILES string of the molecule is Cc1cc(C#N)c(OCc2nc3ccc(C(=O)O)cc3o2)cc1O. The number of aryl methyl sites for hydroxylation is 1. The second-order valence-corrected chi connectivity index (χ2v) is 5.13. The molecule has 1 aromatic heterocycles. The van der Waals surface area contributed by atoms with Crippen molar-refractivity contribution in [1.29, 1.82) is 5.26 Å². The number of hydrogen-bond donors (Lipinski definition) is 2. The number of aromatic carboxylic acids is 1. The summed E-state index contributed by atoms with van der Waals surface area (Å²) >= 11 is 0. The molecule has 0 aliphatic carbocycles. The van der Waals surface area contributed by atoms with Gasteiger partial charge in [0.05, 0.1) is 11.1 Å². The quantitative estimate of drug-likeness (QED) is 0.757. The van der Waals surface area contributed by atoms with Gasteiger partial charge in [-0.05, 0) is 36.8 Å². The van der Waals surface area contributed by atoms with Crippen LogP contribution in [0, 0.1) is 18.3 Å². The van der Waals surface area contributed by atoms with Gasteiger partial charge in [-0.3, -0.25) is 0 Å². The zero-order valence-electron chi connectivity index (χ0n) is 12.6. The number of fused-ring (bicyclic) bond motifs is 1. The summed E-state index contributed by atoms with van der Waals surface area (Å²) in [5.74, 6) is -0.585. The monoisotopic (exact) mass is 324 g/mol. The van der Waals surface area contributed by atoms with Gasteiger partial charge in [-0.15, -0.1) is 0 Å². The molecule has 3 aromatic rings. The van der Waals surface area contributed by atoms with Crippen molar-refractivity contribution in [1.82, 2.24) is 4.98 Å². The van der Waals surface area contributed by atoms with E-state index in [1.807, 2.05) is 6.07 Å². The third kappa shape index (κ3) is 2.85. The predicted molar refractivity (Wildman–Crippen MR) is 82.9 cm³/mol. The number of ether oxygens (including phenoxy) is 1. The van der Waals surface area contributed by atoms with Gasteiger partial charge in [-0.25, -0.2) is 9.78 Å². The maximum Gasteiger partial charge on any atom is 0.335 e. The molecule has 1 heterocycles. The van der Waals surface area contributed by atoms with Gasteiger partial charge in [0.1, 0.15) is 23.1 Å². The zero-order valence-corrected chi connectivity index (χ0v) is 12.6. The molecule has 0 unspecified atom stereocenters. The topological polar surface area (TPSA) is 117 Å². The maximum absolute atomic E-state index is 11.0. The fraction of sp³-hybridized carbons (Fsp3) is 0.118. The van der Waals surface area contributed by atoms with Gasteiger partial charge in [0.25, 0.3) is 0 Å². The molecule has 3 rings (SSSR count). The zero-order chi connectivity index (χ0) is 17.3. The summed E-state index contributed by atoms with van der Waals surface area (Å²) in [6.45, 7) is 1.62. The summed E-state index contributed by atoms with van der Waals surface area (Å²) in [6.07, 6.45) is 0. The molecule has 2 aromatic carbocycles. The van der Waals surface area contributed by atoms with Crippen molar-refractivity contribution in [2.45, 2.75) is 13.5 Å². The van der Waals surface area contributed by atoms with E-state index >= 15 is 0 Å². The minimum Gasteiger partial charge on any atom is -0.508 e. The summed E-state index contributed by atoms with van der Waals surface area (Å²) in [5, 5.41) is 27.8. The number of oxazole rings is 1. The lowest BCUT2D eigenvalue weighted by Crippen LogP contribution is -1.98. The van der Waals surface area contributed by atoms with E-state index < -0.39 is 5.97 Å². The molecule has 0 bridgehead atoms. The standard InChI is InChI=1S/C17H12N2O5/c1-9-4-11(7-18)14(6-13(9)20)23-8-16-19-12-3-2-10(17(21)22)5-15(12)24-16/h2-6,20H,8H2,1H3,(H,21,22). The van der Waals surface area contributed by atoms with E-state index in [0.29, 0.717) is 16.7 Å². The van der Waals surface area contributed by atoms with Crippen LogP contribution in [-0.4, -0.2) is 21.2 Å². The van der Waals surface area contributed by atoms with Crippen molar-refractivity contribution in [3.63, 3.8) is 0 Å². The van der Waals surface area contributed by atoms with E-state index in [1.165, 1.54) is 24.3 Å². The highest BCUT2D eigenvalue weighted by atomic mass is 16.5. The van der Waals surface area contributed by atoms with E-state index in [9.17, 15) is 9.90 Å². The molecule has 0 radical (unpaired) electrons. The molecular formula is C17H12N2O5. The number of aromatic hydroxyl groups is 1. The predicted octanol–water partition coefficient (Wildman–Crippen LogP) is 2.99. The highest BCUT2D eigenvalue weighted by Gasteiger charge is 2.12. The van der Waals surface area contributed by atoms with Crippen LogP contribution in [-0.2, 0) is 6.61 Å². The second kappa shape index (κ2) is 5.93. The Bertz CT molecular complexity index is 985. The average molecular weight is 324 g/mol. The summed E-state index contributed by atoms with van der Waals surface area (Å²) in [7, 11) is 0. The molecule has 0 saturated carbocycles. The number of phenolic OH excluding ortho intramolecular Hbond substituents is 1. The van der Waals surface area contributed by atoms with Crippen LogP contribution < -0.4 is 4.74 Å². The van der Waals surface area contributed by atoms with Crippen LogP contribution in [0.15, 0.2) is 34.7 Å². The molecule has 0 amide bonds. The lowest BCUT2D eigenvalue weighted by atomic mass is 10.1. The van der Waals surface area contributed by atoms with Crippen molar-refractivity contribution in [3.05, 3.63) is 52.9 Å². The van der Waals surface area contributed by atoms with Crippen LogP contribution in [0.4, 0.5) is 0 Å². The third-order valence-corrected chi connectivity index (χ3v) is 3.45. The number of aromatic nitrogens is 1. The van der Waals surface area contributed by atoms with E-state index in [4.69, 9.17) is 19.5 Å². The van der Waals surface area contributed by atoms with E-state index in [-0.39, 0.29) is 35.1 Å². The number of benzene rings is 2. The number of hydrogen-bond acceptors (Lipinski definition) is 6. The van der Waals surface area contributed by atoms with Crippen LogP contribution in [0.5, 0.6) is 11.5 Å². The highest BCUT2D eigenvalue weighted by Crippen LogP contribution is 2.28. The lowest BCUT2D eigenvalue weighted by Gasteiger charge is -2.07. The molecule has 2 N–H and O–H groups in total. The fourth-order valence-electron chi connectivity index (χ4n) is 2.19. The molecule has 24 heavy (non-hydrogen) atoms. The number of rotatable bonds is 4. The molecule has 0 saturated heterocycles. The molecule has 0 spiro atoms. The number of nitriles is 1. The van der Waals surface area contributed by atoms with Crippen LogP contribution >= 0.6 is 0 Å². The molecule has 7 heteroatoms. The average Bonchev–Trinajstić information content (AvgIpc) is 2.97. The van der Waals surface area contributed by atoms with E-state index in [0.717, 1.165) is 0 Å². The summed E-state index contributed by atoms with van der Waals surface area (Å²) in [6, 6.07) is 9.24. The molecule has 0 aliphatic heterocycles. The lowest BCUT2D eigenvalue weighted by molar-refractivity contribution is 0.0697. The van der Waals surface area contributed by atoms with Crippen molar-refractivity contribution in [2.24, 2.45) is 0 Å².